The van der Waals surface area contributed by atoms with E-state index in [1.807, 2.05) is 17.2 Å². The number of imidazole rings is 1. The first-order valence-electron chi connectivity index (χ1n) is 13.9. The SMILES string of the molecule is CSc1cc(F)cc([C@H]2C[C@H](F)CN2c2ccc3ncc(C(=O)NC4CCN(Cc5ccc(F)c(O)c5)CC4)n3n2)c1. The number of piperidine rings is 1. The molecule has 2 aromatic heterocycles. The van der Waals surface area contributed by atoms with Crippen LogP contribution in [0.25, 0.3) is 5.65 Å². The van der Waals surface area contributed by atoms with Crippen LogP contribution in [-0.4, -0.2) is 68.6 Å². The molecule has 2 aliphatic rings. The Balaban J connectivity index is 1.14. The van der Waals surface area contributed by atoms with E-state index in [9.17, 15) is 23.1 Å². The molecule has 2 aromatic carbocycles. The summed E-state index contributed by atoms with van der Waals surface area (Å²) >= 11 is 1.43. The second-order valence-electron chi connectivity index (χ2n) is 10.8. The van der Waals surface area contributed by atoms with Crippen molar-refractivity contribution in [3.05, 3.63) is 83.2 Å². The first kappa shape index (κ1) is 28.4. The summed E-state index contributed by atoms with van der Waals surface area (Å²) in [5, 5.41) is 17.4. The normalized spacial score (nSPS) is 20.0. The number of carbonyl (C=O) groups excluding carboxylic acids is 1. The molecule has 2 saturated heterocycles. The lowest BCUT2D eigenvalue weighted by Gasteiger charge is -2.32. The molecule has 0 spiro atoms. The lowest BCUT2D eigenvalue weighted by Crippen LogP contribution is -2.44. The smallest absolute Gasteiger partial charge is 0.271 e. The third-order valence-corrected chi connectivity index (χ3v) is 8.69. The number of likely N-dealkylation sites (tertiary alicyclic amines) is 1. The van der Waals surface area contributed by atoms with Gasteiger partial charge in [0.15, 0.2) is 22.9 Å². The van der Waals surface area contributed by atoms with Gasteiger partial charge < -0.3 is 15.3 Å². The molecule has 0 saturated carbocycles. The van der Waals surface area contributed by atoms with E-state index in [2.05, 4.69) is 20.3 Å². The number of phenols is 1. The molecule has 8 nitrogen and oxygen atoms in total. The highest BCUT2D eigenvalue weighted by atomic mass is 32.2. The second-order valence-corrected chi connectivity index (χ2v) is 11.7. The molecule has 4 aromatic rings. The first-order chi connectivity index (χ1) is 20.3. The van der Waals surface area contributed by atoms with Crippen LogP contribution in [0, 0.1) is 11.6 Å². The number of anilines is 1. The van der Waals surface area contributed by atoms with Gasteiger partial charge in [-0.3, -0.25) is 9.69 Å². The van der Waals surface area contributed by atoms with Gasteiger partial charge in [-0.1, -0.05) is 6.07 Å². The lowest BCUT2D eigenvalue weighted by molar-refractivity contribution is 0.0901. The van der Waals surface area contributed by atoms with Crippen molar-refractivity contribution >= 4 is 29.1 Å². The van der Waals surface area contributed by atoms with Gasteiger partial charge >= 0.3 is 0 Å². The van der Waals surface area contributed by atoms with Crippen molar-refractivity contribution in [2.75, 3.05) is 30.8 Å². The minimum absolute atomic E-state index is 0.0435. The van der Waals surface area contributed by atoms with Gasteiger partial charge in [0.1, 0.15) is 17.8 Å². The highest BCUT2D eigenvalue weighted by Crippen LogP contribution is 2.38. The number of benzene rings is 2. The maximum absolute atomic E-state index is 14.7. The van der Waals surface area contributed by atoms with Gasteiger partial charge in [0.25, 0.3) is 5.91 Å². The number of nitrogens with one attached hydrogen (secondary N) is 1. The Bertz CT molecular complexity index is 1610. The summed E-state index contributed by atoms with van der Waals surface area (Å²) < 4.78 is 43.9. The van der Waals surface area contributed by atoms with Crippen LogP contribution in [0.4, 0.5) is 19.0 Å². The molecule has 2 N–H and O–H groups in total. The van der Waals surface area contributed by atoms with Crippen molar-refractivity contribution in [1.82, 2.24) is 24.8 Å². The number of nitrogens with zero attached hydrogens (tertiary/aromatic N) is 5. The molecular formula is C30H31F3N6O2S. The zero-order valence-electron chi connectivity index (χ0n) is 23.0. The van der Waals surface area contributed by atoms with Crippen LogP contribution < -0.4 is 10.2 Å². The Morgan fingerprint density at radius 2 is 1.93 bits per heavy atom. The summed E-state index contributed by atoms with van der Waals surface area (Å²) in [4.78, 5) is 22.4. The van der Waals surface area contributed by atoms with Gasteiger partial charge in [-0.15, -0.1) is 16.9 Å². The van der Waals surface area contributed by atoms with Crippen LogP contribution in [0.5, 0.6) is 5.75 Å². The predicted octanol–water partition coefficient (Wildman–Crippen LogP) is 5.12. The molecule has 42 heavy (non-hydrogen) atoms. The summed E-state index contributed by atoms with van der Waals surface area (Å²) in [5.41, 5.74) is 2.28. The Hall–Kier alpha value is -3.77. The molecule has 220 valence electrons. The number of aromatic nitrogens is 3. The predicted molar refractivity (Wildman–Crippen MR) is 155 cm³/mol. The molecule has 0 radical (unpaired) electrons. The molecule has 2 fully saturated rings. The average molecular weight is 597 g/mol. The van der Waals surface area contributed by atoms with Crippen molar-refractivity contribution in [2.24, 2.45) is 0 Å². The molecule has 0 bridgehead atoms. The summed E-state index contributed by atoms with van der Waals surface area (Å²) in [5.74, 6) is -1.18. The van der Waals surface area contributed by atoms with E-state index < -0.39 is 18.0 Å². The number of carbonyl (C=O) groups is 1. The fourth-order valence-electron chi connectivity index (χ4n) is 5.83. The summed E-state index contributed by atoms with van der Waals surface area (Å²) in [7, 11) is 0. The van der Waals surface area contributed by atoms with Crippen LogP contribution in [0.15, 0.2) is 59.6 Å². The van der Waals surface area contributed by atoms with E-state index in [-0.39, 0.29) is 42.2 Å². The van der Waals surface area contributed by atoms with E-state index in [0.29, 0.717) is 23.6 Å². The quantitative estimate of drug-likeness (QED) is 0.287. The number of thioether (sulfide) groups is 1. The largest absolute Gasteiger partial charge is 0.505 e. The van der Waals surface area contributed by atoms with Crippen molar-refractivity contribution in [3.8, 4) is 5.75 Å². The van der Waals surface area contributed by atoms with E-state index >= 15 is 0 Å². The van der Waals surface area contributed by atoms with Crippen LogP contribution >= 0.6 is 11.8 Å². The number of alkyl halides is 1. The Morgan fingerprint density at radius 3 is 2.69 bits per heavy atom. The van der Waals surface area contributed by atoms with Gasteiger partial charge in [0.2, 0.25) is 0 Å². The summed E-state index contributed by atoms with van der Waals surface area (Å²) in [6.45, 7) is 2.16. The number of amides is 1. The molecule has 0 aliphatic carbocycles. The lowest BCUT2D eigenvalue weighted by atomic mass is 10.0. The van der Waals surface area contributed by atoms with Crippen LogP contribution in [0.3, 0.4) is 0 Å². The standard InChI is InChI=1S/C30H31F3N6O2S/c1-42-23-12-19(11-20(31)13-23)25-14-21(32)17-38(25)29-5-4-28-34-15-26(39(28)36-29)30(41)35-22-6-8-37(9-7-22)16-18-2-3-24(33)27(40)10-18/h2-5,10-13,15,21-22,25,40H,6-9,14,16-17H2,1H3,(H,35,41)/t21-,25+/m0/s1. The molecule has 2 atom stereocenters. The number of rotatable bonds is 7. The summed E-state index contributed by atoms with van der Waals surface area (Å²) in [6.07, 6.45) is 3.93. The van der Waals surface area contributed by atoms with Gasteiger partial charge in [0.05, 0.1) is 18.8 Å². The maximum atomic E-state index is 14.7. The van der Waals surface area contributed by atoms with E-state index in [1.54, 1.807) is 18.2 Å². The summed E-state index contributed by atoms with van der Waals surface area (Å²) in [6, 6.07) is 12.2. The fraction of sp³-hybridized carbons (Fsp3) is 0.367. The van der Waals surface area contributed by atoms with Crippen LogP contribution in [0.2, 0.25) is 0 Å². The second kappa shape index (κ2) is 11.8. The van der Waals surface area contributed by atoms with E-state index in [4.69, 9.17) is 0 Å². The fourth-order valence-corrected chi connectivity index (χ4v) is 6.31. The molecule has 6 rings (SSSR count). The number of halogens is 3. The molecule has 2 aliphatic heterocycles. The number of hydrogen-bond donors (Lipinski definition) is 2. The number of hydrogen-bond acceptors (Lipinski definition) is 7. The van der Waals surface area contributed by atoms with Gasteiger partial charge in [-0.2, -0.15) is 0 Å². The first-order valence-corrected chi connectivity index (χ1v) is 15.1. The third-order valence-electron chi connectivity index (χ3n) is 7.98. The highest BCUT2D eigenvalue weighted by molar-refractivity contribution is 7.98. The van der Waals surface area contributed by atoms with E-state index in [1.165, 1.54) is 46.7 Å². The van der Waals surface area contributed by atoms with E-state index in [0.717, 1.165) is 36.4 Å². The maximum Gasteiger partial charge on any atom is 0.271 e. The topological polar surface area (TPSA) is 86.0 Å². The molecule has 4 heterocycles. The molecule has 12 heteroatoms. The molecular weight excluding hydrogens is 565 g/mol. The van der Waals surface area contributed by atoms with Crippen LogP contribution in [-0.2, 0) is 6.54 Å². The van der Waals surface area contributed by atoms with Crippen molar-refractivity contribution < 1.29 is 23.1 Å². The van der Waals surface area contributed by atoms with Crippen molar-refractivity contribution in [3.63, 3.8) is 0 Å². The molecule has 1 amide bonds. The van der Waals surface area contributed by atoms with Gasteiger partial charge in [0, 0.05) is 37.0 Å². The minimum atomic E-state index is -1.10. The monoisotopic (exact) mass is 596 g/mol. The minimum Gasteiger partial charge on any atom is -0.505 e. The number of aromatic hydroxyl groups is 1. The average Bonchev–Trinajstić information content (AvgIpc) is 3.59. The Labute approximate surface area is 245 Å². The Kier molecular flexibility index (Phi) is 8.00. The van der Waals surface area contributed by atoms with Crippen molar-refractivity contribution in [1.29, 1.82) is 0 Å². The Morgan fingerprint density at radius 1 is 1.12 bits per heavy atom. The molecule has 0 unspecified atom stereocenters. The third kappa shape index (κ3) is 5.91. The van der Waals surface area contributed by atoms with Gasteiger partial charge in [-0.25, -0.2) is 22.7 Å². The number of phenolic OH excluding ortho intramolecular Hbond substituents is 1. The zero-order valence-corrected chi connectivity index (χ0v) is 23.8. The number of fused-ring (bicyclic) bond motifs is 1. The van der Waals surface area contributed by atoms with Crippen LogP contribution in [0.1, 0.15) is 46.9 Å². The van der Waals surface area contributed by atoms with Gasteiger partial charge in [-0.05, 0) is 72.7 Å². The zero-order chi connectivity index (χ0) is 29.4. The highest BCUT2D eigenvalue weighted by Gasteiger charge is 2.35. The van der Waals surface area contributed by atoms with Crippen molar-refractivity contribution in [2.45, 2.75) is 49.0 Å².